The molecule has 0 bridgehead atoms. The Hall–Kier alpha value is -1.40. The third-order valence-corrected chi connectivity index (χ3v) is 6.08. The molecule has 2 aliphatic rings. The molecule has 2 saturated heterocycles. The summed E-state index contributed by atoms with van der Waals surface area (Å²) in [4.78, 5) is 11.9. The summed E-state index contributed by atoms with van der Waals surface area (Å²) in [5.74, 6) is -0.628. The van der Waals surface area contributed by atoms with Crippen molar-refractivity contribution in [3.63, 3.8) is 0 Å². The van der Waals surface area contributed by atoms with Crippen molar-refractivity contribution in [2.24, 2.45) is 11.3 Å². The Morgan fingerprint density at radius 2 is 1.95 bits per heavy atom. The Labute approximate surface area is 118 Å². The zero-order valence-electron chi connectivity index (χ0n) is 11.5. The number of benzene rings is 1. The summed E-state index contributed by atoms with van der Waals surface area (Å²) < 4.78 is 31.6. The number of nitrogens with zero attached hydrogens (tertiary/aromatic N) is 1. The van der Waals surface area contributed by atoms with Gasteiger partial charge in [0.15, 0.2) is 0 Å². The molecule has 108 valence electrons. The van der Waals surface area contributed by atoms with Crippen molar-refractivity contribution in [2.45, 2.75) is 18.7 Å². The number of cyclic esters (lactones) is 1. The molecule has 1 aromatic rings. The number of ether oxygens (including phenoxy) is 1. The van der Waals surface area contributed by atoms with Gasteiger partial charge in [0.1, 0.15) is 0 Å². The van der Waals surface area contributed by atoms with E-state index >= 15 is 0 Å². The van der Waals surface area contributed by atoms with E-state index in [1.165, 1.54) is 4.31 Å². The third-order valence-electron chi connectivity index (χ3n) is 4.25. The summed E-state index contributed by atoms with van der Waals surface area (Å²) in [5, 5.41) is 0. The Kier molecular flexibility index (Phi) is 2.92. The minimum atomic E-state index is -3.53. The first kappa shape index (κ1) is 13.6. The van der Waals surface area contributed by atoms with Gasteiger partial charge in [-0.1, -0.05) is 24.6 Å². The fraction of sp³-hybridized carbons (Fsp3) is 0.500. The number of esters is 1. The molecular weight excluding hydrogens is 278 g/mol. The third kappa shape index (κ3) is 1.94. The highest BCUT2D eigenvalue weighted by Crippen LogP contribution is 2.43. The van der Waals surface area contributed by atoms with Crippen LogP contribution in [0.1, 0.15) is 12.5 Å². The molecule has 6 heteroatoms. The van der Waals surface area contributed by atoms with Gasteiger partial charge in [-0.05, 0) is 19.1 Å². The maximum atomic E-state index is 12.6. The van der Waals surface area contributed by atoms with E-state index in [-0.39, 0.29) is 23.3 Å². The predicted molar refractivity (Wildman–Crippen MR) is 72.5 cm³/mol. The summed E-state index contributed by atoms with van der Waals surface area (Å²) in [6.45, 7) is 4.67. The van der Waals surface area contributed by atoms with Crippen LogP contribution >= 0.6 is 0 Å². The normalized spacial score (nSPS) is 30.3. The van der Waals surface area contributed by atoms with Gasteiger partial charge in [-0.15, -0.1) is 0 Å². The highest BCUT2D eigenvalue weighted by molar-refractivity contribution is 7.89. The lowest BCUT2D eigenvalue weighted by Crippen LogP contribution is -2.32. The number of sulfonamides is 1. The van der Waals surface area contributed by atoms with E-state index < -0.39 is 15.4 Å². The highest BCUT2D eigenvalue weighted by atomic mass is 32.2. The van der Waals surface area contributed by atoms with Crippen molar-refractivity contribution in [3.05, 3.63) is 29.8 Å². The van der Waals surface area contributed by atoms with Gasteiger partial charge in [-0.2, -0.15) is 4.31 Å². The van der Waals surface area contributed by atoms with Crippen LogP contribution in [0.25, 0.3) is 0 Å². The van der Waals surface area contributed by atoms with E-state index in [1.807, 2.05) is 13.8 Å². The summed E-state index contributed by atoms with van der Waals surface area (Å²) in [7, 11) is -3.53. The molecular formula is C14H17NO4S. The van der Waals surface area contributed by atoms with Crippen LogP contribution in [-0.4, -0.2) is 38.4 Å². The van der Waals surface area contributed by atoms with E-state index in [0.29, 0.717) is 13.2 Å². The predicted octanol–water partition coefficient (Wildman–Crippen LogP) is 1.18. The van der Waals surface area contributed by atoms with Gasteiger partial charge in [0.05, 0.1) is 17.4 Å². The van der Waals surface area contributed by atoms with Gasteiger partial charge in [-0.25, -0.2) is 8.42 Å². The molecule has 0 N–H and O–H groups in total. The minimum absolute atomic E-state index is 0.214. The first-order valence-corrected chi connectivity index (χ1v) is 8.00. The second kappa shape index (κ2) is 4.30. The Morgan fingerprint density at radius 3 is 2.55 bits per heavy atom. The summed E-state index contributed by atoms with van der Waals surface area (Å²) in [6.07, 6.45) is 0. The first-order valence-electron chi connectivity index (χ1n) is 6.56. The largest absolute Gasteiger partial charge is 0.465 e. The Balaban J connectivity index is 1.91. The van der Waals surface area contributed by atoms with Crippen LogP contribution < -0.4 is 0 Å². The molecule has 20 heavy (non-hydrogen) atoms. The number of aryl methyl sites for hydroxylation is 1. The molecule has 0 aromatic heterocycles. The Bertz CT molecular complexity index is 652. The molecule has 2 fully saturated rings. The number of carbonyl (C=O) groups excluding carboxylic acids is 1. The van der Waals surface area contributed by atoms with Crippen LogP contribution in [0.5, 0.6) is 0 Å². The summed E-state index contributed by atoms with van der Waals surface area (Å²) >= 11 is 0. The molecule has 5 nitrogen and oxygen atoms in total. The molecule has 0 amide bonds. The number of fused-ring (bicyclic) bond motifs is 1. The van der Waals surface area contributed by atoms with E-state index in [1.54, 1.807) is 24.3 Å². The van der Waals surface area contributed by atoms with Crippen LogP contribution in [-0.2, 0) is 19.6 Å². The lowest BCUT2D eigenvalue weighted by atomic mass is 9.83. The van der Waals surface area contributed by atoms with Crippen LogP contribution in [0.15, 0.2) is 29.2 Å². The second-order valence-electron chi connectivity index (χ2n) is 5.92. The van der Waals surface area contributed by atoms with E-state index in [2.05, 4.69) is 0 Å². The number of hydrogen-bond donors (Lipinski definition) is 0. The van der Waals surface area contributed by atoms with E-state index in [4.69, 9.17) is 4.74 Å². The maximum absolute atomic E-state index is 12.6. The van der Waals surface area contributed by atoms with Crippen LogP contribution in [0.2, 0.25) is 0 Å². The van der Waals surface area contributed by atoms with Crippen LogP contribution in [0.3, 0.4) is 0 Å². The fourth-order valence-corrected chi connectivity index (χ4v) is 4.47. The SMILES string of the molecule is Cc1ccc(S(=O)(=O)N2C[C@@H]3C(=O)OC[C@]3(C)C2)cc1. The summed E-state index contributed by atoms with van der Waals surface area (Å²) in [6, 6.07) is 6.78. The fourth-order valence-electron chi connectivity index (χ4n) is 2.89. The van der Waals surface area contributed by atoms with Crippen molar-refractivity contribution >= 4 is 16.0 Å². The van der Waals surface area contributed by atoms with E-state index in [0.717, 1.165) is 5.56 Å². The summed E-state index contributed by atoms with van der Waals surface area (Å²) in [5.41, 5.74) is 0.618. The number of rotatable bonds is 2. The molecule has 0 aliphatic carbocycles. The molecule has 0 saturated carbocycles. The smallest absolute Gasteiger partial charge is 0.311 e. The molecule has 1 aromatic carbocycles. The average Bonchev–Trinajstić information content (AvgIpc) is 2.87. The molecule has 3 rings (SSSR count). The standard InChI is InChI=1S/C14H17NO4S/c1-10-3-5-11(6-4-10)20(17,18)15-7-12-13(16)19-9-14(12,2)8-15/h3-6,12H,7-9H2,1-2H3/t12-,14+/m1/s1. The molecule has 0 radical (unpaired) electrons. The molecule has 2 heterocycles. The van der Waals surface area contributed by atoms with Gasteiger partial charge >= 0.3 is 5.97 Å². The molecule has 2 atom stereocenters. The quantitative estimate of drug-likeness (QED) is 0.769. The number of hydrogen-bond acceptors (Lipinski definition) is 4. The highest BCUT2D eigenvalue weighted by Gasteiger charge is 2.55. The Morgan fingerprint density at radius 1 is 1.30 bits per heavy atom. The van der Waals surface area contributed by atoms with E-state index in [9.17, 15) is 13.2 Å². The second-order valence-corrected chi connectivity index (χ2v) is 7.86. The van der Waals surface area contributed by atoms with Crippen molar-refractivity contribution in [3.8, 4) is 0 Å². The van der Waals surface area contributed by atoms with Gasteiger partial charge in [0.25, 0.3) is 0 Å². The zero-order chi connectivity index (χ0) is 14.5. The minimum Gasteiger partial charge on any atom is -0.465 e. The van der Waals surface area contributed by atoms with Crippen molar-refractivity contribution < 1.29 is 17.9 Å². The van der Waals surface area contributed by atoms with Gasteiger partial charge in [0.2, 0.25) is 10.0 Å². The monoisotopic (exact) mass is 295 g/mol. The average molecular weight is 295 g/mol. The first-order chi connectivity index (χ1) is 9.33. The van der Waals surface area contributed by atoms with Gasteiger partial charge < -0.3 is 4.74 Å². The topological polar surface area (TPSA) is 63.7 Å². The van der Waals surface area contributed by atoms with Gasteiger partial charge in [-0.3, -0.25) is 4.79 Å². The zero-order valence-corrected chi connectivity index (χ0v) is 12.3. The lowest BCUT2D eigenvalue weighted by Gasteiger charge is -2.20. The van der Waals surface area contributed by atoms with Crippen molar-refractivity contribution in [1.29, 1.82) is 0 Å². The van der Waals surface area contributed by atoms with Gasteiger partial charge in [0, 0.05) is 18.5 Å². The van der Waals surface area contributed by atoms with Crippen LogP contribution in [0.4, 0.5) is 0 Å². The molecule has 2 aliphatic heterocycles. The number of carbonyl (C=O) groups is 1. The molecule has 0 unspecified atom stereocenters. The molecule has 0 spiro atoms. The van der Waals surface area contributed by atoms with Crippen LogP contribution in [0, 0.1) is 18.3 Å². The van der Waals surface area contributed by atoms with Crippen molar-refractivity contribution in [2.75, 3.05) is 19.7 Å². The lowest BCUT2D eigenvalue weighted by molar-refractivity contribution is -0.141. The maximum Gasteiger partial charge on any atom is 0.311 e. The van der Waals surface area contributed by atoms with Crippen molar-refractivity contribution in [1.82, 2.24) is 4.31 Å².